The van der Waals surface area contributed by atoms with E-state index in [2.05, 4.69) is 41.6 Å². The molecule has 0 aliphatic rings. The molecule has 80 valence electrons. The standard InChI is InChI=1S/C12H17N3/c1-4-11-5-12-10(6-13-11)7-14-15(12)8-9(2)3/h5-7,9H,4,8H2,1-3H3. The van der Waals surface area contributed by atoms with E-state index in [1.54, 1.807) is 0 Å². The monoisotopic (exact) mass is 203 g/mol. The molecule has 0 unspecified atom stereocenters. The molecular formula is C12H17N3. The molecular weight excluding hydrogens is 186 g/mol. The van der Waals surface area contributed by atoms with Crippen LogP contribution < -0.4 is 0 Å². The van der Waals surface area contributed by atoms with Crippen molar-refractivity contribution in [3.05, 3.63) is 24.2 Å². The first kappa shape index (κ1) is 10.1. The fraction of sp³-hybridized carbons (Fsp3) is 0.500. The van der Waals surface area contributed by atoms with Crippen molar-refractivity contribution < 1.29 is 0 Å². The maximum absolute atomic E-state index is 4.39. The maximum Gasteiger partial charge on any atom is 0.0716 e. The van der Waals surface area contributed by atoms with Crippen LogP contribution in [0.15, 0.2) is 18.5 Å². The Morgan fingerprint density at radius 3 is 2.80 bits per heavy atom. The molecule has 3 nitrogen and oxygen atoms in total. The van der Waals surface area contributed by atoms with Gasteiger partial charge in [-0.2, -0.15) is 5.10 Å². The smallest absolute Gasteiger partial charge is 0.0716 e. The quantitative estimate of drug-likeness (QED) is 0.767. The van der Waals surface area contributed by atoms with Crippen molar-refractivity contribution in [3.8, 4) is 0 Å². The zero-order chi connectivity index (χ0) is 10.8. The molecule has 2 rings (SSSR count). The van der Waals surface area contributed by atoms with Crippen LogP contribution in [-0.2, 0) is 13.0 Å². The topological polar surface area (TPSA) is 30.7 Å². The SMILES string of the molecule is CCc1cc2c(cn1)cnn2CC(C)C. The fourth-order valence-corrected chi connectivity index (χ4v) is 1.70. The Bertz CT molecular complexity index is 457. The summed E-state index contributed by atoms with van der Waals surface area (Å²) >= 11 is 0. The first-order chi connectivity index (χ1) is 7.20. The first-order valence-corrected chi connectivity index (χ1v) is 5.51. The number of pyridine rings is 1. The highest BCUT2D eigenvalue weighted by atomic mass is 15.3. The molecule has 0 aliphatic carbocycles. The van der Waals surface area contributed by atoms with Crippen molar-refractivity contribution in [2.45, 2.75) is 33.7 Å². The van der Waals surface area contributed by atoms with Crippen molar-refractivity contribution in [1.29, 1.82) is 0 Å². The lowest BCUT2D eigenvalue weighted by Crippen LogP contribution is -2.05. The van der Waals surface area contributed by atoms with Crippen molar-refractivity contribution in [3.63, 3.8) is 0 Å². The molecule has 0 bridgehead atoms. The predicted octanol–water partition coefficient (Wildman–Crippen LogP) is 2.65. The number of aryl methyl sites for hydroxylation is 1. The Morgan fingerprint density at radius 2 is 2.13 bits per heavy atom. The Balaban J connectivity index is 2.46. The van der Waals surface area contributed by atoms with E-state index in [-0.39, 0.29) is 0 Å². The van der Waals surface area contributed by atoms with Crippen LogP contribution in [0.4, 0.5) is 0 Å². The van der Waals surface area contributed by atoms with Crippen molar-refractivity contribution in [2.75, 3.05) is 0 Å². The summed E-state index contributed by atoms with van der Waals surface area (Å²) in [5, 5.41) is 5.52. The van der Waals surface area contributed by atoms with Gasteiger partial charge in [-0.05, 0) is 18.4 Å². The minimum Gasteiger partial charge on any atom is -0.264 e. The molecule has 0 aromatic carbocycles. The van der Waals surface area contributed by atoms with Crippen LogP contribution >= 0.6 is 0 Å². The minimum absolute atomic E-state index is 0.617. The molecule has 2 aromatic heterocycles. The summed E-state index contributed by atoms with van der Waals surface area (Å²) in [6.07, 6.45) is 4.78. The molecule has 0 N–H and O–H groups in total. The largest absolute Gasteiger partial charge is 0.264 e. The van der Waals surface area contributed by atoms with Crippen LogP contribution in [0.25, 0.3) is 10.9 Å². The third kappa shape index (κ3) is 2.01. The molecule has 15 heavy (non-hydrogen) atoms. The van der Waals surface area contributed by atoms with E-state index in [1.165, 1.54) is 5.52 Å². The lowest BCUT2D eigenvalue weighted by Gasteiger charge is -2.06. The van der Waals surface area contributed by atoms with Crippen molar-refractivity contribution >= 4 is 10.9 Å². The summed E-state index contributed by atoms with van der Waals surface area (Å²) in [5.41, 5.74) is 2.34. The van der Waals surface area contributed by atoms with Gasteiger partial charge in [-0.25, -0.2) is 0 Å². The number of nitrogens with zero attached hydrogens (tertiary/aromatic N) is 3. The van der Waals surface area contributed by atoms with Gasteiger partial charge in [-0.1, -0.05) is 20.8 Å². The van der Waals surface area contributed by atoms with Gasteiger partial charge in [0.15, 0.2) is 0 Å². The van der Waals surface area contributed by atoms with Gasteiger partial charge >= 0.3 is 0 Å². The van der Waals surface area contributed by atoms with E-state index in [0.29, 0.717) is 5.92 Å². The van der Waals surface area contributed by atoms with Crippen LogP contribution in [0, 0.1) is 5.92 Å². The third-order valence-corrected chi connectivity index (χ3v) is 2.48. The van der Waals surface area contributed by atoms with Crippen LogP contribution in [0.3, 0.4) is 0 Å². The molecule has 2 heterocycles. The molecule has 0 radical (unpaired) electrons. The van der Waals surface area contributed by atoms with E-state index in [0.717, 1.165) is 24.0 Å². The number of hydrogen-bond acceptors (Lipinski definition) is 2. The number of rotatable bonds is 3. The molecule has 0 atom stereocenters. The highest BCUT2D eigenvalue weighted by Gasteiger charge is 2.05. The van der Waals surface area contributed by atoms with Gasteiger partial charge < -0.3 is 0 Å². The lowest BCUT2D eigenvalue weighted by molar-refractivity contribution is 0.495. The highest BCUT2D eigenvalue weighted by Crippen LogP contribution is 2.15. The Morgan fingerprint density at radius 1 is 1.33 bits per heavy atom. The van der Waals surface area contributed by atoms with E-state index in [4.69, 9.17) is 0 Å². The van der Waals surface area contributed by atoms with Gasteiger partial charge in [-0.15, -0.1) is 0 Å². The second kappa shape index (κ2) is 4.01. The molecule has 0 aliphatic heterocycles. The van der Waals surface area contributed by atoms with Gasteiger partial charge in [0, 0.05) is 23.8 Å². The summed E-state index contributed by atoms with van der Waals surface area (Å²) in [4.78, 5) is 4.36. The molecule has 0 fully saturated rings. The zero-order valence-corrected chi connectivity index (χ0v) is 9.57. The van der Waals surface area contributed by atoms with Crippen LogP contribution in [0.5, 0.6) is 0 Å². The van der Waals surface area contributed by atoms with E-state index < -0.39 is 0 Å². The van der Waals surface area contributed by atoms with Crippen LogP contribution in [0.1, 0.15) is 26.5 Å². The number of aromatic nitrogens is 3. The predicted molar refractivity (Wildman–Crippen MR) is 61.7 cm³/mol. The van der Waals surface area contributed by atoms with Crippen molar-refractivity contribution in [2.24, 2.45) is 5.92 Å². The van der Waals surface area contributed by atoms with Crippen LogP contribution in [-0.4, -0.2) is 14.8 Å². The second-order valence-electron chi connectivity index (χ2n) is 4.31. The lowest BCUT2D eigenvalue weighted by atomic mass is 10.2. The van der Waals surface area contributed by atoms with E-state index >= 15 is 0 Å². The average molecular weight is 203 g/mol. The molecule has 2 aromatic rings. The Kier molecular flexibility index (Phi) is 2.71. The zero-order valence-electron chi connectivity index (χ0n) is 9.57. The highest BCUT2D eigenvalue weighted by molar-refractivity contribution is 5.77. The fourth-order valence-electron chi connectivity index (χ4n) is 1.70. The summed E-state index contributed by atoms with van der Waals surface area (Å²) in [7, 11) is 0. The van der Waals surface area contributed by atoms with E-state index in [1.807, 2.05) is 12.4 Å². The van der Waals surface area contributed by atoms with Crippen molar-refractivity contribution in [1.82, 2.24) is 14.8 Å². The minimum atomic E-state index is 0.617. The normalized spacial score (nSPS) is 11.5. The van der Waals surface area contributed by atoms with Gasteiger partial charge in [0.25, 0.3) is 0 Å². The second-order valence-corrected chi connectivity index (χ2v) is 4.31. The van der Waals surface area contributed by atoms with E-state index in [9.17, 15) is 0 Å². The summed E-state index contributed by atoms with van der Waals surface area (Å²) < 4.78 is 2.07. The molecule has 0 spiro atoms. The molecule has 0 saturated carbocycles. The van der Waals surface area contributed by atoms with Gasteiger partial charge in [0.1, 0.15) is 0 Å². The maximum atomic E-state index is 4.39. The first-order valence-electron chi connectivity index (χ1n) is 5.51. The molecule has 0 amide bonds. The number of fused-ring (bicyclic) bond motifs is 1. The van der Waals surface area contributed by atoms with Gasteiger partial charge in [0.05, 0.1) is 11.7 Å². The third-order valence-electron chi connectivity index (χ3n) is 2.48. The van der Waals surface area contributed by atoms with Gasteiger partial charge in [-0.3, -0.25) is 9.67 Å². The van der Waals surface area contributed by atoms with Gasteiger partial charge in [0.2, 0.25) is 0 Å². The summed E-state index contributed by atoms with van der Waals surface area (Å²) in [6, 6.07) is 2.14. The molecule has 0 saturated heterocycles. The Hall–Kier alpha value is -1.38. The molecule has 3 heteroatoms. The van der Waals surface area contributed by atoms with Crippen LogP contribution in [0.2, 0.25) is 0 Å². The summed E-state index contributed by atoms with van der Waals surface area (Å²) in [5.74, 6) is 0.617. The number of hydrogen-bond donors (Lipinski definition) is 0. The Labute approximate surface area is 90.1 Å². The summed E-state index contributed by atoms with van der Waals surface area (Å²) in [6.45, 7) is 7.50. The average Bonchev–Trinajstić information content (AvgIpc) is 2.60.